The highest BCUT2D eigenvalue weighted by Crippen LogP contribution is 2.26. The maximum Gasteiger partial charge on any atom is 0.0543 e. The van der Waals surface area contributed by atoms with Crippen LogP contribution in [0.2, 0.25) is 10.0 Å². The summed E-state index contributed by atoms with van der Waals surface area (Å²) in [5.41, 5.74) is 2.16. The van der Waals surface area contributed by atoms with Crippen LogP contribution in [0, 0.1) is 0 Å². The van der Waals surface area contributed by atoms with E-state index in [0.717, 1.165) is 60.6 Å². The van der Waals surface area contributed by atoms with Gasteiger partial charge < -0.3 is 0 Å². The summed E-state index contributed by atoms with van der Waals surface area (Å²) >= 11 is 12.5. The number of hydrogen-bond donors (Lipinski definition) is 0. The van der Waals surface area contributed by atoms with Gasteiger partial charge in [0.2, 0.25) is 0 Å². The van der Waals surface area contributed by atoms with Gasteiger partial charge in [0.15, 0.2) is 0 Å². The summed E-state index contributed by atoms with van der Waals surface area (Å²) in [5, 5.41) is 1.51. The van der Waals surface area contributed by atoms with Crippen molar-refractivity contribution in [2.75, 3.05) is 26.2 Å². The number of halogens is 2. The largest absolute Gasteiger partial charge is 0.296 e. The number of nitrogens with zero attached hydrogens (tertiary/aromatic N) is 3. The molecule has 1 aromatic carbocycles. The van der Waals surface area contributed by atoms with Gasteiger partial charge in [-0.05, 0) is 24.3 Å². The zero-order chi connectivity index (χ0) is 15.4. The topological polar surface area (TPSA) is 19.4 Å². The molecule has 5 heteroatoms. The highest BCUT2D eigenvalue weighted by atomic mass is 35.5. The van der Waals surface area contributed by atoms with Crippen molar-refractivity contribution >= 4 is 23.2 Å². The molecule has 0 bridgehead atoms. The summed E-state index contributed by atoms with van der Waals surface area (Å²) in [6, 6.07) is 11.8. The Balaban J connectivity index is 1.54. The van der Waals surface area contributed by atoms with E-state index < -0.39 is 0 Å². The molecule has 1 aromatic heterocycles. The molecular formula is C17H19Cl2N3. The van der Waals surface area contributed by atoms with Gasteiger partial charge in [-0.3, -0.25) is 14.8 Å². The Morgan fingerprint density at radius 1 is 0.818 bits per heavy atom. The van der Waals surface area contributed by atoms with Crippen molar-refractivity contribution in [3.05, 3.63) is 63.9 Å². The molecule has 3 rings (SSSR count). The number of benzene rings is 1. The van der Waals surface area contributed by atoms with Crippen LogP contribution >= 0.6 is 23.2 Å². The molecule has 116 valence electrons. The third kappa shape index (κ3) is 3.99. The first kappa shape index (κ1) is 15.8. The van der Waals surface area contributed by atoms with Gasteiger partial charge in [-0.15, -0.1) is 0 Å². The minimum absolute atomic E-state index is 0.753. The molecule has 0 saturated carbocycles. The van der Waals surface area contributed by atoms with Crippen LogP contribution in [-0.2, 0) is 13.1 Å². The van der Waals surface area contributed by atoms with Crippen LogP contribution in [-0.4, -0.2) is 41.0 Å². The van der Waals surface area contributed by atoms with Crippen LogP contribution in [0.15, 0.2) is 42.6 Å². The lowest BCUT2D eigenvalue weighted by atomic mass is 10.2. The first-order valence-electron chi connectivity index (χ1n) is 7.50. The van der Waals surface area contributed by atoms with Gasteiger partial charge in [0.1, 0.15) is 0 Å². The van der Waals surface area contributed by atoms with Crippen LogP contribution in [0.3, 0.4) is 0 Å². The molecule has 0 amide bonds. The first-order valence-corrected chi connectivity index (χ1v) is 8.25. The van der Waals surface area contributed by atoms with Crippen LogP contribution in [0.4, 0.5) is 0 Å². The predicted octanol–water partition coefficient (Wildman–Crippen LogP) is 3.71. The van der Waals surface area contributed by atoms with Crippen molar-refractivity contribution in [1.82, 2.24) is 14.8 Å². The van der Waals surface area contributed by atoms with Crippen molar-refractivity contribution in [3.8, 4) is 0 Å². The van der Waals surface area contributed by atoms with Gasteiger partial charge in [0, 0.05) is 61.1 Å². The zero-order valence-corrected chi connectivity index (χ0v) is 13.9. The summed E-state index contributed by atoms with van der Waals surface area (Å²) in [6.07, 6.45) is 1.85. The fourth-order valence-electron chi connectivity index (χ4n) is 2.73. The van der Waals surface area contributed by atoms with Crippen molar-refractivity contribution < 1.29 is 0 Å². The Kier molecular flexibility index (Phi) is 5.32. The Morgan fingerprint density at radius 3 is 2.05 bits per heavy atom. The van der Waals surface area contributed by atoms with Gasteiger partial charge in [0.25, 0.3) is 0 Å². The quantitative estimate of drug-likeness (QED) is 0.849. The lowest BCUT2D eigenvalue weighted by Gasteiger charge is -2.34. The average Bonchev–Trinajstić information content (AvgIpc) is 2.54. The standard InChI is InChI=1S/C17H19Cl2N3/c18-16-5-3-6-17(19)15(16)13-22-10-8-21(9-11-22)12-14-4-1-2-7-20-14/h1-7H,8-13H2. The highest BCUT2D eigenvalue weighted by Gasteiger charge is 2.19. The minimum Gasteiger partial charge on any atom is -0.296 e. The molecular weight excluding hydrogens is 317 g/mol. The lowest BCUT2D eigenvalue weighted by Crippen LogP contribution is -2.45. The SMILES string of the molecule is Clc1cccc(Cl)c1CN1CCN(Cc2ccccn2)CC1. The Hall–Kier alpha value is -1.13. The molecule has 1 saturated heterocycles. The van der Waals surface area contributed by atoms with E-state index >= 15 is 0 Å². The molecule has 0 atom stereocenters. The Bertz CT molecular complexity index is 590. The summed E-state index contributed by atoms with van der Waals surface area (Å²) in [5.74, 6) is 0. The van der Waals surface area contributed by atoms with Crippen molar-refractivity contribution in [2.45, 2.75) is 13.1 Å². The van der Waals surface area contributed by atoms with Gasteiger partial charge in [-0.2, -0.15) is 0 Å². The van der Waals surface area contributed by atoms with E-state index in [2.05, 4.69) is 20.9 Å². The second-order valence-corrected chi connectivity index (χ2v) is 6.39. The summed E-state index contributed by atoms with van der Waals surface area (Å²) in [4.78, 5) is 9.23. The third-order valence-corrected chi connectivity index (χ3v) is 4.73. The van der Waals surface area contributed by atoms with Crippen LogP contribution in [0.5, 0.6) is 0 Å². The summed E-state index contributed by atoms with van der Waals surface area (Å²) < 4.78 is 0. The smallest absolute Gasteiger partial charge is 0.0543 e. The number of hydrogen-bond acceptors (Lipinski definition) is 3. The molecule has 1 aliphatic rings. The fraction of sp³-hybridized carbons (Fsp3) is 0.353. The molecule has 0 N–H and O–H groups in total. The highest BCUT2D eigenvalue weighted by molar-refractivity contribution is 6.35. The molecule has 22 heavy (non-hydrogen) atoms. The van der Waals surface area contributed by atoms with Crippen molar-refractivity contribution in [1.29, 1.82) is 0 Å². The fourth-order valence-corrected chi connectivity index (χ4v) is 3.25. The van der Waals surface area contributed by atoms with Crippen LogP contribution < -0.4 is 0 Å². The van der Waals surface area contributed by atoms with Gasteiger partial charge in [0.05, 0.1) is 5.69 Å². The third-order valence-electron chi connectivity index (χ3n) is 4.02. The molecule has 0 aliphatic carbocycles. The molecule has 1 aliphatic heterocycles. The van der Waals surface area contributed by atoms with Gasteiger partial charge in [-0.1, -0.05) is 35.3 Å². The summed E-state index contributed by atoms with van der Waals surface area (Å²) in [6.45, 7) is 5.86. The summed E-state index contributed by atoms with van der Waals surface area (Å²) in [7, 11) is 0. The number of piperazine rings is 1. The van der Waals surface area contributed by atoms with Gasteiger partial charge in [-0.25, -0.2) is 0 Å². The van der Waals surface area contributed by atoms with Crippen molar-refractivity contribution in [3.63, 3.8) is 0 Å². The average molecular weight is 336 g/mol. The number of pyridine rings is 1. The number of rotatable bonds is 4. The van der Waals surface area contributed by atoms with E-state index in [0.29, 0.717) is 0 Å². The molecule has 0 spiro atoms. The maximum atomic E-state index is 6.25. The van der Waals surface area contributed by atoms with E-state index in [1.807, 2.05) is 36.5 Å². The predicted molar refractivity (Wildman–Crippen MR) is 91.3 cm³/mol. The molecule has 2 aromatic rings. The molecule has 0 unspecified atom stereocenters. The van der Waals surface area contributed by atoms with E-state index in [4.69, 9.17) is 23.2 Å². The zero-order valence-electron chi connectivity index (χ0n) is 12.4. The lowest BCUT2D eigenvalue weighted by molar-refractivity contribution is 0.121. The van der Waals surface area contributed by atoms with E-state index in [-0.39, 0.29) is 0 Å². The molecule has 2 heterocycles. The minimum atomic E-state index is 0.753. The second-order valence-electron chi connectivity index (χ2n) is 5.57. The van der Waals surface area contributed by atoms with E-state index in [1.165, 1.54) is 0 Å². The normalized spacial score (nSPS) is 16.8. The van der Waals surface area contributed by atoms with Crippen LogP contribution in [0.1, 0.15) is 11.3 Å². The molecule has 1 fully saturated rings. The monoisotopic (exact) mass is 335 g/mol. The first-order chi connectivity index (χ1) is 10.7. The van der Waals surface area contributed by atoms with Gasteiger partial charge >= 0.3 is 0 Å². The molecule has 3 nitrogen and oxygen atoms in total. The molecule has 0 radical (unpaired) electrons. The maximum absolute atomic E-state index is 6.25. The van der Waals surface area contributed by atoms with E-state index in [1.54, 1.807) is 0 Å². The van der Waals surface area contributed by atoms with E-state index in [9.17, 15) is 0 Å². The second kappa shape index (κ2) is 7.42. The Morgan fingerprint density at radius 2 is 1.45 bits per heavy atom. The van der Waals surface area contributed by atoms with Crippen LogP contribution in [0.25, 0.3) is 0 Å². The Labute approximate surface area is 141 Å². The van der Waals surface area contributed by atoms with Crippen molar-refractivity contribution in [2.24, 2.45) is 0 Å². The number of aromatic nitrogens is 1.